The van der Waals surface area contributed by atoms with Gasteiger partial charge in [0.15, 0.2) is 6.61 Å². The smallest absolute Gasteiger partial charge is 0.341 e. The molecule has 4 nitrogen and oxygen atoms in total. The summed E-state index contributed by atoms with van der Waals surface area (Å²) in [6, 6.07) is 23.7. The van der Waals surface area contributed by atoms with E-state index in [1.807, 2.05) is 72.8 Å². The molecule has 3 rings (SSSR count). The zero-order valence-corrected chi connectivity index (χ0v) is 20.2. The van der Waals surface area contributed by atoms with Crippen molar-refractivity contribution in [1.82, 2.24) is 0 Å². The Morgan fingerprint density at radius 1 is 0.706 bits per heavy atom. The highest BCUT2D eigenvalue weighted by molar-refractivity contribution is 5.84. The molecule has 0 saturated heterocycles. The molecule has 0 unspecified atom stereocenters. The Hall–Kier alpha value is -3.27. The van der Waals surface area contributed by atoms with Crippen LogP contribution in [0.5, 0.6) is 11.5 Å². The maximum atomic E-state index is 11.3. The van der Waals surface area contributed by atoms with E-state index < -0.39 is 12.6 Å². The molecule has 0 bridgehead atoms. The maximum absolute atomic E-state index is 11.3. The first-order valence-electron chi connectivity index (χ1n) is 12.5. The largest absolute Gasteiger partial charge is 0.494 e. The van der Waals surface area contributed by atoms with Crippen molar-refractivity contribution in [3.05, 3.63) is 72.8 Å². The minimum atomic E-state index is -1.01. The van der Waals surface area contributed by atoms with Crippen LogP contribution in [0.15, 0.2) is 72.8 Å². The number of ether oxygens (including phenoxy) is 2. The summed E-state index contributed by atoms with van der Waals surface area (Å²) in [6.45, 7) is 2.50. The predicted octanol–water partition coefficient (Wildman–Crippen LogP) is 8.00. The Labute approximate surface area is 203 Å². The van der Waals surface area contributed by atoms with Crippen molar-refractivity contribution in [2.45, 2.75) is 58.3 Å². The molecule has 0 aliphatic rings. The van der Waals surface area contributed by atoms with E-state index in [0.29, 0.717) is 12.4 Å². The van der Waals surface area contributed by atoms with Gasteiger partial charge in [-0.15, -0.1) is 0 Å². The molecule has 0 aliphatic heterocycles. The molecule has 0 amide bonds. The quantitative estimate of drug-likeness (QED) is 0.233. The Balaban J connectivity index is 1.79. The zero-order valence-electron chi connectivity index (χ0n) is 20.2. The SMILES string of the molecule is CCCCCCCCCCOc1cc(-c2ccccc2)c(OCC(=O)O)c(-c2ccccc2)c1. The summed E-state index contributed by atoms with van der Waals surface area (Å²) in [7, 11) is 0. The number of carboxylic acids is 1. The third kappa shape index (κ3) is 7.95. The van der Waals surface area contributed by atoms with Gasteiger partial charge in [-0.25, -0.2) is 4.79 Å². The van der Waals surface area contributed by atoms with Gasteiger partial charge in [-0.2, -0.15) is 0 Å². The van der Waals surface area contributed by atoms with Crippen LogP contribution >= 0.6 is 0 Å². The van der Waals surface area contributed by atoms with Gasteiger partial charge < -0.3 is 14.6 Å². The Morgan fingerprint density at radius 3 is 1.71 bits per heavy atom. The lowest BCUT2D eigenvalue weighted by Gasteiger charge is -2.18. The van der Waals surface area contributed by atoms with Crippen LogP contribution in [0.4, 0.5) is 0 Å². The summed E-state index contributed by atoms with van der Waals surface area (Å²) in [5.74, 6) is 0.315. The fourth-order valence-electron chi connectivity index (χ4n) is 4.07. The Kier molecular flexibility index (Phi) is 10.5. The van der Waals surface area contributed by atoms with E-state index in [1.165, 1.54) is 44.9 Å². The lowest BCUT2D eigenvalue weighted by molar-refractivity contribution is -0.139. The van der Waals surface area contributed by atoms with Gasteiger partial charge in [0.2, 0.25) is 0 Å². The minimum absolute atomic E-state index is 0.405. The molecule has 1 N–H and O–H groups in total. The fraction of sp³-hybridized carbons (Fsp3) is 0.367. The van der Waals surface area contributed by atoms with Gasteiger partial charge in [0.1, 0.15) is 11.5 Å². The van der Waals surface area contributed by atoms with Crippen molar-refractivity contribution in [2.24, 2.45) is 0 Å². The normalized spacial score (nSPS) is 10.7. The molecule has 34 heavy (non-hydrogen) atoms. The number of carbonyl (C=O) groups is 1. The second-order valence-electron chi connectivity index (χ2n) is 8.59. The second kappa shape index (κ2) is 14.1. The van der Waals surface area contributed by atoms with Crippen molar-refractivity contribution in [3.63, 3.8) is 0 Å². The van der Waals surface area contributed by atoms with Crippen LogP contribution in [0.3, 0.4) is 0 Å². The summed E-state index contributed by atoms with van der Waals surface area (Å²) >= 11 is 0. The molecule has 0 fully saturated rings. The van der Waals surface area contributed by atoms with Crippen LogP contribution in [-0.4, -0.2) is 24.3 Å². The molecular formula is C30H36O4. The van der Waals surface area contributed by atoms with Gasteiger partial charge in [0, 0.05) is 11.1 Å². The van der Waals surface area contributed by atoms with E-state index in [0.717, 1.165) is 34.4 Å². The van der Waals surface area contributed by atoms with Gasteiger partial charge in [-0.1, -0.05) is 113 Å². The molecule has 0 spiro atoms. The first kappa shape index (κ1) is 25.4. The van der Waals surface area contributed by atoms with Crippen molar-refractivity contribution < 1.29 is 19.4 Å². The van der Waals surface area contributed by atoms with Gasteiger partial charge >= 0.3 is 5.97 Å². The molecule has 0 radical (unpaired) electrons. The van der Waals surface area contributed by atoms with E-state index in [2.05, 4.69) is 6.92 Å². The molecule has 4 heteroatoms. The molecule has 0 saturated carbocycles. The third-order valence-electron chi connectivity index (χ3n) is 5.84. The molecule has 0 heterocycles. The summed E-state index contributed by atoms with van der Waals surface area (Å²) in [6.07, 6.45) is 10.0. The van der Waals surface area contributed by atoms with Crippen LogP contribution < -0.4 is 9.47 Å². The number of unbranched alkanes of at least 4 members (excludes halogenated alkanes) is 7. The first-order valence-corrected chi connectivity index (χ1v) is 12.5. The van der Waals surface area contributed by atoms with Crippen molar-refractivity contribution in [2.75, 3.05) is 13.2 Å². The van der Waals surface area contributed by atoms with Crippen LogP contribution in [0.2, 0.25) is 0 Å². The number of aliphatic carboxylic acids is 1. The standard InChI is InChI=1S/C30H36O4/c1-2-3-4-5-6-7-8-15-20-33-26-21-27(24-16-11-9-12-17-24)30(34-23-29(31)32)28(22-26)25-18-13-10-14-19-25/h9-14,16-19,21-22H,2-8,15,20,23H2,1H3,(H,31,32). The molecular weight excluding hydrogens is 424 g/mol. The van der Waals surface area contributed by atoms with Crippen LogP contribution in [0.25, 0.3) is 22.3 Å². The molecule has 3 aromatic carbocycles. The van der Waals surface area contributed by atoms with Crippen LogP contribution in [0.1, 0.15) is 58.3 Å². The van der Waals surface area contributed by atoms with Gasteiger partial charge in [0.05, 0.1) is 6.61 Å². The van der Waals surface area contributed by atoms with Crippen molar-refractivity contribution in [3.8, 4) is 33.8 Å². The average Bonchev–Trinajstić information content (AvgIpc) is 2.87. The zero-order chi connectivity index (χ0) is 24.0. The third-order valence-corrected chi connectivity index (χ3v) is 5.84. The molecule has 3 aromatic rings. The molecule has 180 valence electrons. The molecule has 0 aromatic heterocycles. The number of rotatable bonds is 15. The van der Waals surface area contributed by atoms with Crippen LogP contribution in [-0.2, 0) is 4.79 Å². The minimum Gasteiger partial charge on any atom is -0.494 e. The summed E-state index contributed by atoms with van der Waals surface area (Å²) in [4.78, 5) is 11.3. The van der Waals surface area contributed by atoms with Gasteiger partial charge in [-0.05, 0) is 29.7 Å². The lowest BCUT2D eigenvalue weighted by atomic mass is 9.96. The highest BCUT2D eigenvalue weighted by atomic mass is 16.5. The predicted molar refractivity (Wildman–Crippen MR) is 139 cm³/mol. The summed E-state index contributed by atoms with van der Waals surface area (Å²) in [5.41, 5.74) is 3.57. The first-order chi connectivity index (χ1) is 16.7. The van der Waals surface area contributed by atoms with E-state index in [4.69, 9.17) is 9.47 Å². The fourth-order valence-corrected chi connectivity index (χ4v) is 4.07. The van der Waals surface area contributed by atoms with E-state index in [1.54, 1.807) is 0 Å². The highest BCUT2D eigenvalue weighted by Crippen LogP contribution is 2.42. The van der Waals surface area contributed by atoms with E-state index >= 15 is 0 Å². The second-order valence-corrected chi connectivity index (χ2v) is 8.59. The van der Waals surface area contributed by atoms with E-state index in [9.17, 15) is 9.90 Å². The summed E-state index contributed by atoms with van der Waals surface area (Å²) in [5, 5.41) is 9.25. The number of hydrogen-bond donors (Lipinski definition) is 1. The van der Waals surface area contributed by atoms with Crippen molar-refractivity contribution >= 4 is 5.97 Å². The van der Waals surface area contributed by atoms with Gasteiger partial charge in [-0.3, -0.25) is 0 Å². The maximum Gasteiger partial charge on any atom is 0.341 e. The Morgan fingerprint density at radius 2 is 1.21 bits per heavy atom. The van der Waals surface area contributed by atoms with E-state index in [-0.39, 0.29) is 0 Å². The highest BCUT2D eigenvalue weighted by Gasteiger charge is 2.17. The lowest BCUT2D eigenvalue weighted by Crippen LogP contribution is -2.11. The number of hydrogen-bond acceptors (Lipinski definition) is 3. The summed E-state index contributed by atoms with van der Waals surface area (Å²) < 4.78 is 12.0. The monoisotopic (exact) mass is 460 g/mol. The number of benzene rings is 3. The average molecular weight is 461 g/mol. The topological polar surface area (TPSA) is 55.8 Å². The number of carboxylic acid groups (broad SMARTS) is 1. The Bertz CT molecular complexity index is 938. The van der Waals surface area contributed by atoms with Crippen molar-refractivity contribution in [1.29, 1.82) is 0 Å². The molecule has 0 atom stereocenters. The van der Waals surface area contributed by atoms with Crippen LogP contribution in [0, 0.1) is 0 Å². The van der Waals surface area contributed by atoms with Gasteiger partial charge in [0.25, 0.3) is 0 Å². The molecule has 0 aliphatic carbocycles.